The maximum absolute atomic E-state index is 13.7. The molecule has 1 heterocycles. The van der Waals surface area contributed by atoms with Crippen molar-refractivity contribution in [1.29, 1.82) is 0 Å². The number of thiophene rings is 1. The van der Waals surface area contributed by atoms with Crippen molar-refractivity contribution in [2.24, 2.45) is 5.73 Å². The van der Waals surface area contributed by atoms with E-state index in [-0.39, 0.29) is 5.56 Å². The monoisotopic (exact) mass is 342 g/mol. The van der Waals surface area contributed by atoms with E-state index >= 15 is 0 Å². The summed E-state index contributed by atoms with van der Waals surface area (Å²) in [4.78, 5) is 12.2. The Morgan fingerprint density at radius 3 is 2.79 bits per heavy atom. The Morgan fingerprint density at radius 1 is 1.47 bits per heavy atom. The number of benzene rings is 1. The summed E-state index contributed by atoms with van der Waals surface area (Å²) in [5.41, 5.74) is 6.39. The Kier molecular flexibility index (Phi) is 4.21. The van der Waals surface area contributed by atoms with E-state index < -0.39 is 11.7 Å². The Labute approximate surface area is 122 Å². The minimum absolute atomic E-state index is 0.165. The van der Waals surface area contributed by atoms with E-state index in [4.69, 9.17) is 5.73 Å². The number of hydrogen-bond donors (Lipinski definition) is 2. The van der Waals surface area contributed by atoms with E-state index in [2.05, 4.69) is 21.2 Å². The van der Waals surface area contributed by atoms with Gasteiger partial charge in [-0.25, -0.2) is 4.39 Å². The molecule has 0 aliphatic carbocycles. The summed E-state index contributed by atoms with van der Waals surface area (Å²) in [6.07, 6.45) is 0. The molecule has 0 spiro atoms. The number of rotatable bonds is 4. The summed E-state index contributed by atoms with van der Waals surface area (Å²) >= 11 is 4.98. The zero-order valence-electron chi connectivity index (χ0n) is 10.2. The first-order valence-corrected chi connectivity index (χ1v) is 7.16. The molecule has 0 fully saturated rings. The first-order chi connectivity index (χ1) is 8.97. The zero-order chi connectivity index (χ0) is 14.0. The molecule has 0 saturated heterocycles. The van der Waals surface area contributed by atoms with Crippen LogP contribution < -0.4 is 11.1 Å². The van der Waals surface area contributed by atoms with Crippen molar-refractivity contribution in [3.8, 4) is 0 Å². The highest BCUT2D eigenvalue weighted by atomic mass is 79.9. The van der Waals surface area contributed by atoms with Crippen molar-refractivity contribution in [3.63, 3.8) is 0 Å². The molecule has 0 aliphatic rings. The van der Waals surface area contributed by atoms with E-state index in [0.717, 1.165) is 14.7 Å². The minimum Gasteiger partial charge on any atom is -0.380 e. The molecule has 3 nitrogen and oxygen atoms in total. The average Bonchev–Trinajstić information content (AvgIpc) is 2.76. The lowest BCUT2D eigenvalue weighted by atomic mass is 10.1. The molecule has 2 aromatic rings. The lowest BCUT2D eigenvalue weighted by Crippen LogP contribution is -2.12. The van der Waals surface area contributed by atoms with Gasteiger partial charge in [-0.3, -0.25) is 4.79 Å². The summed E-state index contributed by atoms with van der Waals surface area (Å²) in [5, 5.41) is 3.12. The first-order valence-electron chi connectivity index (χ1n) is 5.55. The van der Waals surface area contributed by atoms with Gasteiger partial charge in [-0.2, -0.15) is 0 Å². The lowest BCUT2D eigenvalue weighted by molar-refractivity contribution is 0.1000. The van der Waals surface area contributed by atoms with E-state index in [1.165, 1.54) is 0 Å². The number of primary amides is 1. The van der Waals surface area contributed by atoms with Gasteiger partial charge >= 0.3 is 0 Å². The molecule has 0 unspecified atom stereocenters. The molecule has 100 valence electrons. The van der Waals surface area contributed by atoms with Crippen molar-refractivity contribution >= 4 is 38.9 Å². The normalized spacial score (nSPS) is 10.5. The van der Waals surface area contributed by atoms with E-state index in [9.17, 15) is 9.18 Å². The average molecular weight is 343 g/mol. The van der Waals surface area contributed by atoms with Gasteiger partial charge in [0.2, 0.25) is 5.91 Å². The number of anilines is 1. The third kappa shape index (κ3) is 3.33. The quantitative estimate of drug-likeness (QED) is 0.890. The summed E-state index contributed by atoms with van der Waals surface area (Å²) in [6, 6.07) is 6.66. The zero-order valence-corrected chi connectivity index (χ0v) is 12.6. The summed E-state index contributed by atoms with van der Waals surface area (Å²) < 4.78 is 14.7. The van der Waals surface area contributed by atoms with Crippen molar-refractivity contribution in [2.45, 2.75) is 13.5 Å². The maximum atomic E-state index is 13.7. The number of hydrogen-bond acceptors (Lipinski definition) is 3. The Bertz CT molecular complexity index is 627. The van der Waals surface area contributed by atoms with E-state index in [0.29, 0.717) is 17.8 Å². The van der Waals surface area contributed by atoms with E-state index in [1.54, 1.807) is 24.3 Å². The number of amides is 1. The fourth-order valence-electron chi connectivity index (χ4n) is 1.63. The van der Waals surface area contributed by atoms with E-state index in [1.807, 2.05) is 12.1 Å². The first kappa shape index (κ1) is 14.0. The fourth-order valence-corrected chi connectivity index (χ4v) is 3.06. The molecule has 3 N–H and O–H groups in total. The smallest absolute Gasteiger partial charge is 0.248 e. The van der Waals surface area contributed by atoms with Crippen LogP contribution in [0.4, 0.5) is 10.1 Å². The van der Waals surface area contributed by atoms with Crippen LogP contribution in [0.3, 0.4) is 0 Å². The molecular formula is C13H12BrFN2OS. The van der Waals surface area contributed by atoms with Gasteiger partial charge in [0.1, 0.15) is 5.82 Å². The molecular weight excluding hydrogens is 331 g/mol. The summed E-state index contributed by atoms with van der Waals surface area (Å²) in [7, 11) is 0. The molecule has 19 heavy (non-hydrogen) atoms. The Balaban J connectivity index is 2.21. The van der Waals surface area contributed by atoms with Crippen LogP contribution in [-0.2, 0) is 6.54 Å². The topological polar surface area (TPSA) is 55.1 Å². The number of carbonyl (C=O) groups excluding carboxylic acids is 1. The van der Waals surface area contributed by atoms with Crippen LogP contribution >= 0.6 is 27.3 Å². The van der Waals surface area contributed by atoms with Crippen LogP contribution in [0.2, 0.25) is 0 Å². The molecule has 0 saturated carbocycles. The lowest BCUT2D eigenvalue weighted by Gasteiger charge is -2.11. The van der Waals surface area contributed by atoms with Crippen molar-refractivity contribution in [2.75, 3.05) is 5.32 Å². The minimum atomic E-state index is -0.638. The summed E-state index contributed by atoms with van der Waals surface area (Å²) in [6.45, 7) is 2.23. The molecule has 0 bridgehead atoms. The van der Waals surface area contributed by atoms with Crippen LogP contribution in [-0.4, -0.2) is 5.91 Å². The highest BCUT2D eigenvalue weighted by Gasteiger charge is 2.10. The second kappa shape index (κ2) is 5.71. The van der Waals surface area contributed by atoms with Crippen molar-refractivity contribution in [3.05, 3.63) is 49.9 Å². The highest BCUT2D eigenvalue weighted by molar-refractivity contribution is 9.11. The Morgan fingerprint density at radius 2 is 2.21 bits per heavy atom. The molecule has 1 aromatic heterocycles. The van der Waals surface area contributed by atoms with Gasteiger partial charge in [0.15, 0.2) is 0 Å². The molecule has 6 heteroatoms. The largest absolute Gasteiger partial charge is 0.380 e. The molecule has 0 aliphatic heterocycles. The molecule has 2 rings (SSSR count). The van der Waals surface area contributed by atoms with Gasteiger partial charge in [-0.15, -0.1) is 11.3 Å². The van der Waals surface area contributed by atoms with Gasteiger partial charge in [-0.1, -0.05) is 0 Å². The van der Waals surface area contributed by atoms with Crippen LogP contribution in [0.1, 0.15) is 20.8 Å². The van der Waals surface area contributed by atoms with Crippen LogP contribution in [0, 0.1) is 12.7 Å². The number of carbonyl (C=O) groups is 1. The Hall–Kier alpha value is -1.40. The van der Waals surface area contributed by atoms with Gasteiger partial charge in [0.25, 0.3) is 0 Å². The second-order valence-corrected chi connectivity index (χ2v) is 6.60. The SMILES string of the molecule is Cc1c(F)cc(C(N)=O)cc1NCc1ccc(Br)s1. The summed E-state index contributed by atoms with van der Waals surface area (Å²) in [5.74, 6) is -1.08. The van der Waals surface area contributed by atoms with Gasteiger partial charge in [0, 0.05) is 28.2 Å². The highest BCUT2D eigenvalue weighted by Crippen LogP contribution is 2.25. The molecule has 1 aromatic carbocycles. The number of halogens is 2. The van der Waals surface area contributed by atoms with Crippen molar-refractivity contribution in [1.82, 2.24) is 0 Å². The van der Waals surface area contributed by atoms with Crippen LogP contribution in [0.25, 0.3) is 0 Å². The standard InChI is InChI=1S/C13H12BrFN2OS/c1-7-10(15)4-8(13(16)18)5-11(7)17-6-9-2-3-12(14)19-9/h2-5,17H,6H2,1H3,(H2,16,18). The second-order valence-electron chi connectivity index (χ2n) is 4.05. The molecule has 0 atom stereocenters. The third-order valence-electron chi connectivity index (χ3n) is 2.71. The van der Waals surface area contributed by atoms with Gasteiger partial charge in [0.05, 0.1) is 3.79 Å². The van der Waals surface area contributed by atoms with Crippen LogP contribution in [0.5, 0.6) is 0 Å². The number of nitrogens with two attached hydrogens (primary N) is 1. The third-order valence-corrected chi connectivity index (χ3v) is 4.33. The predicted molar refractivity (Wildman–Crippen MR) is 79.0 cm³/mol. The van der Waals surface area contributed by atoms with Crippen molar-refractivity contribution < 1.29 is 9.18 Å². The molecule has 0 radical (unpaired) electrons. The van der Waals surface area contributed by atoms with Crippen LogP contribution in [0.15, 0.2) is 28.1 Å². The predicted octanol–water partition coefficient (Wildman–Crippen LogP) is 3.67. The fraction of sp³-hybridized carbons (Fsp3) is 0.154. The van der Waals surface area contributed by atoms with Gasteiger partial charge in [-0.05, 0) is 47.1 Å². The van der Waals surface area contributed by atoms with Gasteiger partial charge < -0.3 is 11.1 Å². The maximum Gasteiger partial charge on any atom is 0.248 e. The number of nitrogens with one attached hydrogen (secondary N) is 1. The molecule has 1 amide bonds.